The predicted octanol–water partition coefficient (Wildman–Crippen LogP) is 5.84. The van der Waals surface area contributed by atoms with E-state index in [1.165, 1.54) is 0 Å². The summed E-state index contributed by atoms with van der Waals surface area (Å²) >= 11 is 13.7. The Balaban J connectivity index is 1.60. The molecule has 2 heterocycles. The third-order valence-electron chi connectivity index (χ3n) is 4.16. The lowest BCUT2D eigenvalue weighted by atomic mass is 10.2. The molecule has 0 spiro atoms. The summed E-state index contributed by atoms with van der Waals surface area (Å²) in [4.78, 5) is 0. The van der Waals surface area contributed by atoms with E-state index in [0.29, 0.717) is 38.7 Å². The van der Waals surface area contributed by atoms with E-state index in [1.807, 2.05) is 48.0 Å². The predicted molar refractivity (Wildman–Crippen MR) is 109 cm³/mol. The Labute approximate surface area is 170 Å². The molecule has 5 nitrogen and oxygen atoms in total. The average molecular weight is 420 g/mol. The molecule has 0 amide bonds. The maximum Gasteiger partial charge on any atom is 0.200 e. The van der Waals surface area contributed by atoms with Gasteiger partial charge >= 0.3 is 0 Å². The van der Waals surface area contributed by atoms with Crippen LogP contribution in [0.4, 0.5) is 0 Å². The number of thioether (sulfide) groups is 1. The zero-order chi connectivity index (χ0) is 19.0. The maximum absolute atomic E-state index is 6.24. The number of hydrogen-bond donors (Lipinski definition) is 0. The van der Waals surface area contributed by atoms with Crippen LogP contribution in [0, 0.1) is 0 Å². The van der Waals surface area contributed by atoms with Gasteiger partial charge in [-0.1, -0.05) is 53.2 Å². The van der Waals surface area contributed by atoms with Crippen molar-refractivity contribution in [2.75, 3.05) is 7.11 Å². The lowest BCUT2D eigenvalue weighted by Gasteiger charge is -2.05. The van der Waals surface area contributed by atoms with Crippen LogP contribution < -0.4 is 4.74 Å². The minimum absolute atomic E-state index is 0.620. The molecule has 0 saturated heterocycles. The maximum atomic E-state index is 6.24. The minimum atomic E-state index is 0.620. The van der Waals surface area contributed by atoms with Crippen LogP contribution in [-0.2, 0) is 12.8 Å². The van der Waals surface area contributed by atoms with Crippen molar-refractivity contribution >= 4 is 45.9 Å². The molecule has 8 heteroatoms. The van der Waals surface area contributed by atoms with E-state index in [0.717, 1.165) is 16.1 Å². The Morgan fingerprint density at radius 1 is 1.15 bits per heavy atom. The first-order valence-corrected chi connectivity index (χ1v) is 9.84. The number of aromatic nitrogens is 3. The van der Waals surface area contributed by atoms with Crippen molar-refractivity contribution in [3.63, 3.8) is 0 Å². The first kappa shape index (κ1) is 18.2. The monoisotopic (exact) mass is 419 g/mol. The average Bonchev–Trinajstić information content (AvgIpc) is 3.24. The summed E-state index contributed by atoms with van der Waals surface area (Å²) in [5.74, 6) is 2.64. The Bertz CT molecular complexity index is 1120. The van der Waals surface area contributed by atoms with Crippen LogP contribution in [0.2, 0.25) is 10.0 Å². The van der Waals surface area contributed by atoms with Crippen molar-refractivity contribution in [1.29, 1.82) is 0 Å². The van der Waals surface area contributed by atoms with Gasteiger partial charge in [0.05, 0.1) is 7.11 Å². The van der Waals surface area contributed by atoms with Gasteiger partial charge in [-0.05, 0) is 29.8 Å². The van der Waals surface area contributed by atoms with E-state index in [2.05, 4.69) is 10.2 Å². The lowest BCUT2D eigenvalue weighted by molar-refractivity contribution is 0.410. The molecule has 0 aliphatic carbocycles. The molecule has 0 unspecified atom stereocenters. The fraction of sp³-hybridized carbons (Fsp3) is 0.158. The van der Waals surface area contributed by atoms with E-state index >= 15 is 0 Å². The molecule has 138 valence electrons. The second kappa shape index (κ2) is 7.46. The molecule has 0 bridgehead atoms. The summed E-state index contributed by atoms with van der Waals surface area (Å²) in [6.07, 6.45) is 0. The molecule has 0 aliphatic heterocycles. The van der Waals surface area contributed by atoms with Gasteiger partial charge in [-0.3, -0.25) is 0 Å². The molecule has 0 aliphatic rings. The van der Waals surface area contributed by atoms with Gasteiger partial charge < -0.3 is 13.7 Å². The summed E-state index contributed by atoms with van der Waals surface area (Å²) in [6, 6.07) is 13.2. The molecule has 27 heavy (non-hydrogen) atoms. The quantitative estimate of drug-likeness (QED) is 0.380. The Kier molecular flexibility index (Phi) is 5.04. The number of fused-ring (bicyclic) bond motifs is 1. The van der Waals surface area contributed by atoms with Gasteiger partial charge in [0.15, 0.2) is 28.1 Å². The van der Waals surface area contributed by atoms with Crippen LogP contribution >= 0.6 is 35.0 Å². The van der Waals surface area contributed by atoms with Crippen LogP contribution in [0.15, 0.2) is 52.0 Å². The zero-order valence-corrected chi connectivity index (χ0v) is 16.9. The molecule has 4 aromatic rings. The SMILES string of the molecule is COc1cccc2cc(-c3nnc(SCc4ccc(Cl)cc4Cl)n3C)oc12. The lowest BCUT2D eigenvalue weighted by Crippen LogP contribution is -1.94. The van der Waals surface area contributed by atoms with E-state index in [-0.39, 0.29) is 0 Å². The highest BCUT2D eigenvalue weighted by Crippen LogP contribution is 2.34. The minimum Gasteiger partial charge on any atom is -0.493 e. The van der Waals surface area contributed by atoms with Gasteiger partial charge in [0.2, 0.25) is 0 Å². The summed E-state index contributed by atoms with van der Waals surface area (Å²) in [7, 11) is 3.53. The van der Waals surface area contributed by atoms with Crippen molar-refractivity contribution in [3.8, 4) is 17.3 Å². The number of nitrogens with zero attached hydrogens (tertiary/aromatic N) is 3. The van der Waals surface area contributed by atoms with Crippen molar-refractivity contribution < 1.29 is 9.15 Å². The molecule has 0 saturated carbocycles. The number of ether oxygens (including phenoxy) is 1. The highest BCUT2D eigenvalue weighted by atomic mass is 35.5. The molecular formula is C19H15Cl2N3O2S. The molecule has 2 aromatic carbocycles. The number of rotatable bonds is 5. The topological polar surface area (TPSA) is 53.1 Å². The third kappa shape index (κ3) is 3.52. The number of methoxy groups -OCH3 is 1. The van der Waals surface area contributed by atoms with Gasteiger partial charge in [-0.15, -0.1) is 10.2 Å². The van der Waals surface area contributed by atoms with Gasteiger partial charge in [-0.2, -0.15) is 0 Å². The molecule has 2 aromatic heterocycles. The Morgan fingerprint density at radius 3 is 2.78 bits per heavy atom. The molecule has 0 fully saturated rings. The van der Waals surface area contributed by atoms with E-state index in [4.69, 9.17) is 32.4 Å². The summed E-state index contributed by atoms with van der Waals surface area (Å²) < 4.78 is 13.2. The van der Waals surface area contributed by atoms with Gasteiger partial charge in [0, 0.05) is 28.2 Å². The number of furan rings is 1. The highest BCUT2D eigenvalue weighted by molar-refractivity contribution is 7.98. The van der Waals surface area contributed by atoms with E-state index < -0.39 is 0 Å². The Morgan fingerprint density at radius 2 is 2.00 bits per heavy atom. The number of hydrogen-bond acceptors (Lipinski definition) is 5. The molecule has 0 N–H and O–H groups in total. The molecule has 0 atom stereocenters. The number of benzene rings is 2. The normalized spacial score (nSPS) is 11.3. The van der Waals surface area contributed by atoms with Crippen LogP contribution in [-0.4, -0.2) is 21.9 Å². The number of halogens is 2. The Hall–Kier alpha value is -2.15. The fourth-order valence-electron chi connectivity index (χ4n) is 2.74. The van der Waals surface area contributed by atoms with Crippen molar-refractivity contribution in [2.45, 2.75) is 10.9 Å². The van der Waals surface area contributed by atoms with Gasteiger partial charge in [0.1, 0.15) is 0 Å². The van der Waals surface area contributed by atoms with Crippen molar-refractivity contribution in [2.24, 2.45) is 7.05 Å². The second-order valence-corrected chi connectivity index (χ2v) is 7.67. The van der Waals surface area contributed by atoms with Crippen molar-refractivity contribution in [3.05, 3.63) is 58.1 Å². The largest absolute Gasteiger partial charge is 0.493 e. The summed E-state index contributed by atoms with van der Waals surface area (Å²) in [6.45, 7) is 0. The van der Waals surface area contributed by atoms with Gasteiger partial charge in [-0.25, -0.2) is 0 Å². The first-order chi connectivity index (χ1) is 13.1. The van der Waals surface area contributed by atoms with Gasteiger partial charge in [0.25, 0.3) is 0 Å². The van der Waals surface area contributed by atoms with Crippen LogP contribution in [0.1, 0.15) is 5.56 Å². The standard InChI is InChI=1S/C19H15Cl2N3O2S/c1-24-18(16-8-11-4-3-5-15(25-2)17(11)26-16)22-23-19(24)27-10-12-6-7-13(20)9-14(12)21/h3-9H,10H2,1-2H3. The summed E-state index contributed by atoms with van der Waals surface area (Å²) in [5, 5.41) is 11.6. The second-order valence-electron chi connectivity index (χ2n) is 5.88. The van der Waals surface area contributed by atoms with Crippen molar-refractivity contribution in [1.82, 2.24) is 14.8 Å². The third-order valence-corrected chi connectivity index (χ3v) is 5.81. The van der Waals surface area contributed by atoms with Crippen LogP contribution in [0.25, 0.3) is 22.6 Å². The molecule has 0 radical (unpaired) electrons. The fourth-order valence-corrected chi connectivity index (χ4v) is 4.21. The smallest absolute Gasteiger partial charge is 0.200 e. The zero-order valence-electron chi connectivity index (χ0n) is 14.6. The molecular weight excluding hydrogens is 405 g/mol. The summed E-state index contributed by atoms with van der Waals surface area (Å²) in [5.41, 5.74) is 1.68. The highest BCUT2D eigenvalue weighted by Gasteiger charge is 2.17. The van der Waals surface area contributed by atoms with Crippen LogP contribution in [0.3, 0.4) is 0 Å². The van der Waals surface area contributed by atoms with E-state index in [9.17, 15) is 0 Å². The van der Waals surface area contributed by atoms with E-state index in [1.54, 1.807) is 24.9 Å². The van der Waals surface area contributed by atoms with Crippen LogP contribution in [0.5, 0.6) is 5.75 Å². The first-order valence-electron chi connectivity index (χ1n) is 8.10. The number of para-hydroxylation sites is 1. The molecule has 4 rings (SSSR count).